The van der Waals surface area contributed by atoms with E-state index in [1.165, 1.54) is 25.3 Å². The smallest absolute Gasteiger partial charge is 0.294 e. The molecule has 0 aliphatic carbocycles. The van der Waals surface area contributed by atoms with Crippen molar-refractivity contribution in [3.63, 3.8) is 0 Å². The highest BCUT2D eigenvalue weighted by molar-refractivity contribution is 8.18. The lowest BCUT2D eigenvalue weighted by atomic mass is 10.2. The molecule has 4 amide bonds. The first-order valence-electron chi connectivity index (χ1n) is 12.6. The molecule has 4 rings (SSSR count). The van der Waals surface area contributed by atoms with Gasteiger partial charge in [0.05, 0.1) is 30.0 Å². The van der Waals surface area contributed by atoms with Crippen LogP contribution in [0.1, 0.15) is 12.5 Å². The molecule has 0 aromatic heterocycles. The van der Waals surface area contributed by atoms with Gasteiger partial charge in [0.15, 0.2) is 35.6 Å². The molecule has 0 atom stereocenters. The number of amides is 4. The Morgan fingerprint density at radius 1 is 0.884 bits per heavy atom. The fraction of sp³-hybridized carbons (Fsp3) is 0.172. The van der Waals surface area contributed by atoms with E-state index >= 15 is 0 Å². The Bertz CT molecular complexity index is 1620. The summed E-state index contributed by atoms with van der Waals surface area (Å²) < 4.78 is 56.9. The maximum absolute atomic E-state index is 13.9. The summed E-state index contributed by atoms with van der Waals surface area (Å²) in [6.07, 6.45) is 1.39. The molecule has 224 valence electrons. The van der Waals surface area contributed by atoms with Crippen LogP contribution in [0.5, 0.6) is 17.2 Å². The molecule has 0 bridgehead atoms. The van der Waals surface area contributed by atoms with Crippen molar-refractivity contribution in [2.75, 3.05) is 37.5 Å². The molecule has 43 heavy (non-hydrogen) atoms. The number of nitrogens with one attached hydrogen (secondary N) is 2. The normalized spacial score (nSPS) is 13.7. The highest BCUT2D eigenvalue weighted by Crippen LogP contribution is 2.35. The Hall–Kier alpha value is -4.98. The van der Waals surface area contributed by atoms with E-state index in [4.69, 9.17) is 14.2 Å². The van der Waals surface area contributed by atoms with E-state index in [0.29, 0.717) is 46.3 Å². The van der Waals surface area contributed by atoms with Crippen molar-refractivity contribution < 1.29 is 46.6 Å². The van der Waals surface area contributed by atoms with E-state index in [0.717, 1.165) is 6.07 Å². The van der Waals surface area contributed by atoms with Crippen molar-refractivity contribution in [2.24, 2.45) is 0 Å². The lowest BCUT2D eigenvalue weighted by molar-refractivity contribution is -0.127. The fourth-order valence-corrected chi connectivity index (χ4v) is 4.66. The summed E-state index contributed by atoms with van der Waals surface area (Å²) in [7, 11) is 1.38. The molecule has 10 nitrogen and oxygen atoms in total. The number of ether oxygens (including phenoxy) is 3. The van der Waals surface area contributed by atoms with E-state index in [-0.39, 0.29) is 23.0 Å². The van der Waals surface area contributed by atoms with Crippen molar-refractivity contribution in [3.05, 3.63) is 82.5 Å². The van der Waals surface area contributed by atoms with Gasteiger partial charge in [-0.25, -0.2) is 13.2 Å². The maximum atomic E-state index is 13.9. The molecule has 1 heterocycles. The van der Waals surface area contributed by atoms with Crippen LogP contribution in [-0.4, -0.2) is 54.7 Å². The zero-order valence-electron chi connectivity index (χ0n) is 22.7. The molecule has 14 heteroatoms. The van der Waals surface area contributed by atoms with Crippen LogP contribution >= 0.6 is 11.8 Å². The highest BCUT2D eigenvalue weighted by atomic mass is 32.2. The van der Waals surface area contributed by atoms with Crippen LogP contribution in [0.2, 0.25) is 0 Å². The number of imide groups is 1. The van der Waals surface area contributed by atoms with Gasteiger partial charge >= 0.3 is 0 Å². The molecule has 3 aromatic carbocycles. The minimum Gasteiger partial charge on any atom is -0.493 e. The third kappa shape index (κ3) is 7.46. The van der Waals surface area contributed by atoms with Gasteiger partial charge in [0, 0.05) is 0 Å². The number of carbonyl (C=O) groups excluding carboxylic acids is 4. The first kappa shape index (κ1) is 31.0. The minimum atomic E-state index is -1.77. The number of carbonyl (C=O) groups is 4. The van der Waals surface area contributed by atoms with E-state index in [1.807, 2.05) is 12.2 Å². The zero-order chi connectivity index (χ0) is 31.1. The van der Waals surface area contributed by atoms with Crippen LogP contribution in [0.3, 0.4) is 0 Å². The molecule has 0 radical (unpaired) electrons. The Morgan fingerprint density at radius 2 is 1.63 bits per heavy atom. The van der Waals surface area contributed by atoms with Crippen molar-refractivity contribution in [1.82, 2.24) is 4.90 Å². The van der Waals surface area contributed by atoms with E-state index in [1.54, 1.807) is 30.3 Å². The number of thioether (sulfide) groups is 1. The summed E-state index contributed by atoms with van der Waals surface area (Å²) in [5.41, 5.74) is 0.287. The predicted molar refractivity (Wildman–Crippen MR) is 152 cm³/mol. The second kappa shape index (κ2) is 13.8. The van der Waals surface area contributed by atoms with Crippen LogP contribution in [-0.2, 0) is 14.4 Å². The fourth-order valence-electron chi connectivity index (χ4n) is 3.82. The van der Waals surface area contributed by atoms with E-state index < -0.39 is 52.6 Å². The number of nitrogens with zero attached hydrogens (tertiary/aromatic N) is 1. The molecule has 1 fully saturated rings. The molecule has 2 N–H and O–H groups in total. The molecule has 0 unspecified atom stereocenters. The summed E-state index contributed by atoms with van der Waals surface area (Å²) in [6, 6.07) is 13.0. The first-order chi connectivity index (χ1) is 20.6. The van der Waals surface area contributed by atoms with Crippen LogP contribution in [0, 0.1) is 17.5 Å². The number of anilines is 2. The van der Waals surface area contributed by atoms with Gasteiger partial charge in [-0.1, -0.05) is 18.2 Å². The summed E-state index contributed by atoms with van der Waals surface area (Å²) in [4.78, 5) is 50.6. The molecule has 3 aromatic rings. The van der Waals surface area contributed by atoms with Crippen LogP contribution in [0.15, 0.2) is 59.5 Å². The standard InChI is InChI=1S/C29H24F3N3O7S/c1-3-41-20-7-5-4-6-18(20)33-25(37)15-42-21-11-8-16(12-22(21)40-2)13-23-28(38)35(29(39)43-23)14-24(36)34-19-10-9-17(30)26(31)27(19)32/h4-13H,3,14-15H2,1-2H3,(H,33,37)(H,34,36)/b23-13+. The number of benzene rings is 3. The number of hydrogen-bond donors (Lipinski definition) is 2. The quantitative estimate of drug-likeness (QED) is 0.223. The molecule has 0 spiro atoms. The van der Waals surface area contributed by atoms with Crippen LogP contribution < -0.4 is 24.8 Å². The van der Waals surface area contributed by atoms with E-state index in [9.17, 15) is 32.3 Å². The Balaban J connectivity index is 1.39. The van der Waals surface area contributed by atoms with Gasteiger partial charge < -0.3 is 24.8 Å². The van der Waals surface area contributed by atoms with Crippen molar-refractivity contribution >= 4 is 52.2 Å². The lowest BCUT2D eigenvalue weighted by Gasteiger charge is -2.13. The average molecular weight is 616 g/mol. The number of methoxy groups -OCH3 is 1. The number of halogens is 3. The van der Waals surface area contributed by atoms with Gasteiger partial charge in [-0.05, 0) is 66.7 Å². The topological polar surface area (TPSA) is 123 Å². The van der Waals surface area contributed by atoms with Gasteiger partial charge in [0.2, 0.25) is 5.91 Å². The number of para-hydroxylation sites is 2. The highest BCUT2D eigenvalue weighted by Gasteiger charge is 2.36. The summed E-state index contributed by atoms with van der Waals surface area (Å²) >= 11 is 0.569. The molecule has 1 aliphatic rings. The van der Waals surface area contributed by atoms with Crippen molar-refractivity contribution in [2.45, 2.75) is 6.92 Å². The van der Waals surface area contributed by atoms with Gasteiger partial charge in [-0.15, -0.1) is 0 Å². The van der Waals surface area contributed by atoms with Gasteiger partial charge in [-0.3, -0.25) is 24.1 Å². The minimum absolute atomic E-state index is 0.0140. The number of rotatable bonds is 11. The molecule has 1 saturated heterocycles. The van der Waals surface area contributed by atoms with Crippen molar-refractivity contribution in [1.29, 1.82) is 0 Å². The van der Waals surface area contributed by atoms with Gasteiger partial charge in [-0.2, -0.15) is 0 Å². The van der Waals surface area contributed by atoms with Gasteiger partial charge in [0.25, 0.3) is 17.1 Å². The Morgan fingerprint density at radius 3 is 2.37 bits per heavy atom. The third-order valence-corrected chi connectivity index (χ3v) is 6.70. The first-order valence-corrected chi connectivity index (χ1v) is 13.4. The maximum Gasteiger partial charge on any atom is 0.294 e. The van der Waals surface area contributed by atoms with Crippen LogP contribution in [0.4, 0.5) is 29.3 Å². The Kier molecular flexibility index (Phi) is 9.93. The van der Waals surface area contributed by atoms with Crippen LogP contribution in [0.25, 0.3) is 6.08 Å². The monoisotopic (exact) mass is 615 g/mol. The molecule has 1 aliphatic heterocycles. The second-order valence-electron chi connectivity index (χ2n) is 8.72. The van der Waals surface area contributed by atoms with E-state index in [2.05, 4.69) is 5.32 Å². The molecular weight excluding hydrogens is 591 g/mol. The Labute approximate surface area is 247 Å². The SMILES string of the molecule is CCOc1ccccc1NC(=O)COc1ccc(/C=C2/SC(=O)N(CC(=O)Nc3ccc(F)c(F)c3F)C2=O)cc1OC. The largest absolute Gasteiger partial charge is 0.493 e. The molecule has 0 saturated carbocycles. The zero-order valence-corrected chi connectivity index (χ0v) is 23.6. The van der Waals surface area contributed by atoms with Gasteiger partial charge in [0.1, 0.15) is 12.3 Å². The lowest BCUT2D eigenvalue weighted by Crippen LogP contribution is -2.36. The third-order valence-electron chi connectivity index (χ3n) is 5.79. The average Bonchev–Trinajstić information content (AvgIpc) is 3.24. The predicted octanol–water partition coefficient (Wildman–Crippen LogP) is 5.20. The summed E-state index contributed by atoms with van der Waals surface area (Å²) in [6.45, 7) is 1.13. The van der Waals surface area contributed by atoms with Crippen molar-refractivity contribution in [3.8, 4) is 17.2 Å². The number of hydrogen-bond acceptors (Lipinski definition) is 8. The molecular formula is C29H24F3N3O7S. The summed E-state index contributed by atoms with van der Waals surface area (Å²) in [5.74, 6) is -6.06. The second-order valence-corrected chi connectivity index (χ2v) is 9.71. The summed E-state index contributed by atoms with van der Waals surface area (Å²) in [5, 5.41) is 3.97.